The van der Waals surface area contributed by atoms with E-state index in [4.69, 9.17) is 10.5 Å². The second-order valence-corrected chi connectivity index (χ2v) is 4.08. The molecule has 1 amide bonds. The van der Waals surface area contributed by atoms with Crippen LogP contribution in [-0.4, -0.2) is 31.2 Å². The largest absolute Gasteiger partial charge is 0.385 e. The number of nitrogens with zero attached hydrogens (tertiary/aromatic N) is 1. The number of carbonyl (C=O) groups is 1. The number of methoxy groups -OCH3 is 1. The summed E-state index contributed by atoms with van der Waals surface area (Å²) in [5, 5.41) is 2.86. The maximum Gasteiger partial charge on any atom is 0.251 e. The molecule has 0 aliphatic heterocycles. The van der Waals surface area contributed by atoms with Crippen LogP contribution in [0, 0.1) is 0 Å². The van der Waals surface area contributed by atoms with Gasteiger partial charge < -0.3 is 15.8 Å². The summed E-state index contributed by atoms with van der Waals surface area (Å²) in [6.45, 7) is 3.35. The number of nitrogens with one attached hydrogen (secondary N) is 1. The molecule has 0 radical (unpaired) electrons. The molecule has 1 aromatic heterocycles. The highest BCUT2D eigenvalue weighted by molar-refractivity contribution is 5.94. The average molecular weight is 251 g/mol. The van der Waals surface area contributed by atoms with Crippen LogP contribution < -0.4 is 11.1 Å². The van der Waals surface area contributed by atoms with Gasteiger partial charge in [-0.3, -0.25) is 4.79 Å². The van der Waals surface area contributed by atoms with Crippen LogP contribution in [0.15, 0.2) is 12.1 Å². The number of pyridine rings is 1. The van der Waals surface area contributed by atoms with E-state index in [0.717, 1.165) is 31.6 Å². The molecular weight excluding hydrogens is 230 g/mol. The van der Waals surface area contributed by atoms with E-state index >= 15 is 0 Å². The molecule has 0 unspecified atom stereocenters. The fourth-order valence-corrected chi connectivity index (χ4v) is 1.60. The van der Waals surface area contributed by atoms with Crippen molar-refractivity contribution < 1.29 is 9.53 Å². The SMILES string of the molecule is CCc1cc(C(=O)NCCCCOC)cc(N)n1. The van der Waals surface area contributed by atoms with Crippen LogP contribution in [0.5, 0.6) is 0 Å². The zero-order valence-electron chi connectivity index (χ0n) is 11.0. The van der Waals surface area contributed by atoms with Gasteiger partial charge in [-0.25, -0.2) is 4.98 Å². The third-order valence-corrected chi connectivity index (χ3v) is 2.58. The van der Waals surface area contributed by atoms with Gasteiger partial charge in [0.2, 0.25) is 0 Å². The molecule has 0 fully saturated rings. The summed E-state index contributed by atoms with van der Waals surface area (Å²) in [5.41, 5.74) is 7.07. The molecule has 1 aromatic rings. The Balaban J connectivity index is 2.48. The van der Waals surface area contributed by atoms with Gasteiger partial charge in [0.15, 0.2) is 0 Å². The number of aromatic nitrogens is 1. The topological polar surface area (TPSA) is 77.2 Å². The Morgan fingerprint density at radius 2 is 2.22 bits per heavy atom. The zero-order valence-corrected chi connectivity index (χ0v) is 11.0. The summed E-state index contributed by atoms with van der Waals surface area (Å²) >= 11 is 0. The van der Waals surface area contributed by atoms with E-state index in [-0.39, 0.29) is 5.91 Å². The van der Waals surface area contributed by atoms with E-state index in [2.05, 4.69) is 10.3 Å². The van der Waals surface area contributed by atoms with E-state index in [1.165, 1.54) is 0 Å². The third kappa shape index (κ3) is 4.71. The number of unbranched alkanes of at least 4 members (excludes halogenated alkanes) is 1. The van der Waals surface area contributed by atoms with Crippen LogP contribution in [0.2, 0.25) is 0 Å². The van der Waals surface area contributed by atoms with Gasteiger partial charge >= 0.3 is 0 Å². The predicted octanol–water partition coefficient (Wildman–Crippen LogP) is 1.38. The van der Waals surface area contributed by atoms with Crippen LogP contribution in [0.4, 0.5) is 5.82 Å². The van der Waals surface area contributed by atoms with E-state index in [9.17, 15) is 4.79 Å². The Kier molecular flexibility index (Phi) is 6.14. The molecular formula is C13H21N3O2. The highest BCUT2D eigenvalue weighted by Gasteiger charge is 2.07. The van der Waals surface area contributed by atoms with Gasteiger partial charge in [-0.15, -0.1) is 0 Å². The first-order valence-electron chi connectivity index (χ1n) is 6.21. The van der Waals surface area contributed by atoms with Crippen LogP contribution in [0.1, 0.15) is 35.8 Å². The molecule has 1 heterocycles. The molecule has 100 valence electrons. The molecule has 0 aliphatic carbocycles. The van der Waals surface area contributed by atoms with Crippen molar-refractivity contribution in [2.45, 2.75) is 26.2 Å². The van der Waals surface area contributed by atoms with Crippen molar-refractivity contribution in [1.29, 1.82) is 0 Å². The van der Waals surface area contributed by atoms with E-state index < -0.39 is 0 Å². The minimum absolute atomic E-state index is 0.101. The highest BCUT2D eigenvalue weighted by Crippen LogP contribution is 2.08. The number of amides is 1. The van der Waals surface area contributed by atoms with Crippen LogP contribution in [-0.2, 0) is 11.2 Å². The van der Waals surface area contributed by atoms with Crippen molar-refractivity contribution in [1.82, 2.24) is 10.3 Å². The van der Waals surface area contributed by atoms with Gasteiger partial charge in [-0.1, -0.05) is 6.92 Å². The number of ether oxygens (including phenoxy) is 1. The molecule has 0 saturated heterocycles. The van der Waals surface area contributed by atoms with E-state index in [1.807, 2.05) is 6.92 Å². The summed E-state index contributed by atoms with van der Waals surface area (Å²) < 4.78 is 4.94. The summed E-state index contributed by atoms with van der Waals surface area (Å²) in [6, 6.07) is 3.38. The van der Waals surface area contributed by atoms with Gasteiger partial charge in [0, 0.05) is 31.5 Å². The standard InChI is InChI=1S/C13H21N3O2/c1-3-11-8-10(9-12(14)16-11)13(17)15-6-4-5-7-18-2/h8-9H,3-7H2,1-2H3,(H2,14,16)(H,15,17). The van der Waals surface area contributed by atoms with Gasteiger partial charge in [0.05, 0.1) is 0 Å². The first-order valence-corrected chi connectivity index (χ1v) is 6.21. The van der Waals surface area contributed by atoms with Gasteiger partial charge in [-0.2, -0.15) is 0 Å². The Morgan fingerprint density at radius 1 is 1.44 bits per heavy atom. The molecule has 0 saturated carbocycles. The Bertz CT molecular complexity index is 394. The quantitative estimate of drug-likeness (QED) is 0.718. The lowest BCUT2D eigenvalue weighted by Gasteiger charge is -2.07. The van der Waals surface area contributed by atoms with E-state index in [0.29, 0.717) is 17.9 Å². The normalized spacial score (nSPS) is 10.3. The van der Waals surface area contributed by atoms with Gasteiger partial charge in [-0.05, 0) is 31.4 Å². The number of hydrogen-bond donors (Lipinski definition) is 2. The van der Waals surface area contributed by atoms with Crippen LogP contribution in [0.3, 0.4) is 0 Å². The monoisotopic (exact) mass is 251 g/mol. The second kappa shape index (κ2) is 7.66. The fraction of sp³-hybridized carbons (Fsp3) is 0.538. The lowest BCUT2D eigenvalue weighted by atomic mass is 10.2. The van der Waals surface area contributed by atoms with Crippen molar-refractivity contribution in [3.8, 4) is 0 Å². The van der Waals surface area contributed by atoms with Crippen molar-refractivity contribution >= 4 is 11.7 Å². The smallest absolute Gasteiger partial charge is 0.251 e. The van der Waals surface area contributed by atoms with E-state index in [1.54, 1.807) is 19.2 Å². The first-order chi connectivity index (χ1) is 8.67. The lowest BCUT2D eigenvalue weighted by molar-refractivity contribution is 0.0951. The van der Waals surface area contributed by atoms with Crippen LogP contribution >= 0.6 is 0 Å². The number of anilines is 1. The molecule has 0 aromatic carbocycles. The van der Waals surface area contributed by atoms with Gasteiger partial charge in [0.25, 0.3) is 5.91 Å². The average Bonchev–Trinajstić information content (AvgIpc) is 2.37. The molecule has 5 nitrogen and oxygen atoms in total. The molecule has 0 atom stereocenters. The number of hydrogen-bond acceptors (Lipinski definition) is 4. The zero-order chi connectivity index (χ0) is 13.4. The molecule has 5 heteroatoms. The number of rotatable bonds is 7. The van der Waals surface area contributed by atoms with Crippen molar-refractivity contribution in [3.63, 3.8) is 0 Å². The number of carbonyl (C=O) groups excluding carboxylic acids is 1. The van der Waals surface area contributed by atoms with Crippen LogP contribution in [0.25, 0.3) is 0 Å². The first kappa shape index (κ1) is 14.4. The Labute approximate surface area is 108 Å². The maximum atomic E-state index is 11.9. The molecule has 1 rings (SSSR count). The van der Waals surface area contributed by atoms with Crippen molar-refractivity contribution in [2.24, 2.45) is 0 Å². The second-order valence-electron chi connectivity index (χ2n) is 4.08. The Morgan fingerprint density at radius 3 is 2.89 bits per heavy atom. The summed E-state index contributed by atoms with van der Waals surface area (Å²) in [6.07, 6.45) is 2.61. The van der Waals surface area contributed by atoms with Crippen molar-refractivity contribution in [3.05, 3.63) is 23.4 Å². The minimum Gasteiger partial charge on any atom is -0.385 e. The summed E-state index contributed by atoms with van der Waals surface area (Å²) in [7, 11) is 1.67. The molecule has 0 spiro atoms. The number of nitrogen functional groups attached to an aromatic ring is 1. The highest BCUT2D eigenvalue weighted by atomic mass is 16.5. The lowest BCUT2D eigenvalue weighted by Crippen LogP contribution is -2.25. The molecule has 18 heavy (non-hydrogen) atoms. The fourth-order valence-electron chi connectivity index (χ4n) is 1.60. The maximum absolute atomic E-state index is 11.9. The number of aryl methyl sites for hydroxylation is 1. The minimum atomic E-state index is -0.101. The summed E-state index contributed by atoms with van der Waals surface area (Å²) in [5.74, 6) is 0.287. The molecule has 3 N–H and O–H groups in total. The van der Waals surface area contributed by atoms with Gasteiger partial charge in [0.1, 0.15) is 5.82 Å². The molecule has 0 aliphatic rings. The third-order valence-electron chi connectivity index (χ3n) is 2.58. The number of nitrogens with two attached hydrogens (primary N) is 1. The predicted molar refractivity (Wildman–Crippen MR) is 71.5 cm³/mol. The summed E-state index contributed by atoms with van der Waals surface area (Å²) in [4.78, 5) is 16.0. The Hall–Kier alpha value is -1.62. The van der Waals surface area contributed by atoms with Crippen molar-refractivity contribution in [2.75, 3.05) is 26.0 Å². The molecule has 0 bridgehead atoms.